The first-order chi connectivity index (χ1) is 9.38. The van der Waals surface area contributed by atoms with Crippen molar-refractivity contribution in [2.75, 3.05) is 6.54 Å². The van der Waals surface area contributed by atoms with E-state index in [0.717, 1.165) is 31.2 Å². The molecule has 0 bridgehead atoms. The van der Waals surface area contributed by atoms with Crippen molar-refractivity contribution in [3.8, 4) is 0 Å². The summed E-state index contributed by atoms with van der Waals surface area (Å²) < 4.78 is 27.1. The van der Waals surface area contributed by atoms with Gasteiger partial charge in [-0.1, -0.05) is 17.7 Å². The molecule has 112 valence electrons. The Bertz CT molecular complexity index is 566. The molecule has 0 spiro atoms. The molecular weight excluding hydrogens is 298 g/mol. The fourth-order valence-corrected chi connectivity index (χ4v) is 4.19. The van der Waals surface area contributed by atoms with Crippen LogP contribution >= 0.6 is 11.6 Å². The van der Waals surface area contributed by atoms with E-state index in [9.17, 15) is 13.5 Å². The van der Waals surface area contributed by atoms with Crippen molar-refractivity contribution in [3.05, 3.63) is 28.8 Å². The maximum Gasteiger partial charge on any atom is 0.242 e. The smallest absolute Gasteiger partial charge is 0.242 e. The van der Waals surface area contributed by atoms with Gasteiger partial charge in [0.15, 0.2) is 0 Å². The third-order valence-electron chi connectivity index (χ3n) is 3.76. The minimum Gasteiger partial charge on any atom is -0.393 e. The first-order valence-corrected chi connectivity index (χ1v) is 8.68. The largest absolute Gasteiger partial charge is 0.393 e. The number of aryl methyl sites for hydroxylation is 1. The van der Waals surface area contributed by atoms with Crippen LogP contribution in [0.1, 0.15) is 31.2 Å². The summed E-state index contributed by atoms with van der Waals surface area (Å²) in [6.07, 6.45) is 2.97. The van der Waals surface area contributed by atoms with Crippen molar-refractivity contribution in [3.63, 3.8) is 0 Å². The van der Waals surface area contributed by atoms with Crippen molar-refractivity contribution >= 4 is 21.6 Å². The second-order valence-corrected chi connectivity index (χ2v) is 7.60. The lowest BCUT2D eigenvalue weighted by Crippen LogP contribution is -2.32. The lowest BCUT2D eigenvalue weighted by molar-refractivity contribution is 0.109. The minimum absolute atomic E-state index is 0.126. The number of rotatable bonds is 4. The summed E-state index contributed by atoms with van der Waals surface area (Å²) in [6.45, 7) is 2.27. The van der Waals surface area contributed by atoms with Crippen LogP contribution in [0.4, 0.5) is 0 Å². The highest BCUT2D eigenvalue weighted by Gasteiger charge is 2.23. The van der Waals surface area contributed by atoms with Crippen LogP contribution in [0.15, 0.2) is 23.1 Å². The van der Waals surface area contributed by atoms with Crippen molar-refractivity contribution in [1.29, 1.82) is 0 Å². The van der Waals surface area contributed by atoms with E-state index in [2.05, 4.69) is 4.72 Å². The first-order valence-electron chi connectivity index (χ1n) is 6.82. The quantitative estimate of drug-likeness (QED) is 0.896. The predicted octanol–water partition coefficient (Wildman–Crippen LogP) is 2.48. The van der Waals surface area contributed by atoms with E-state index in [1.54, 1.807) is 12.1 Å². The SMILES string of the molecule is Cc1ccc(S(=O)(=O)NCC2CCC(O)CC2)c(Cl)c1. The zero-order valence-corrected chi connectivity index (χ0v) is 13.0. The van der Waals surface area contributed by atoms with Gasteiger partial charge in [-0.3, -0.25) is 0 Å². The summed E-state index contributed by atoms with van der Waals surface area (Å²) in [5.74, 6) is 0.289. The monoisotopic (exact) mass is 317 g/mol. The van der Waals surface area contributed by atoms with Crippen LogP contribution in [0.25, 0.3) is 0 Å². The van der Waals surface area contributed by atoms with E-state index in [-0.39, 0.29) is 21.9 Å². The van der Waals surface area contributed by atoms with Gasteiger partial charge in [-0.15, -0.1) is 0 Å². The zero-order valence-electron chi connectivity index (χ0n) is 11.5. The molecule has 0 heterocycles. The second-order valence-electron chi connectivity index (χ2n) is 5.46. The number of nitrogens with one attached hydrogen (secondary N) is 1. The Kier molecular flexibility index (Phi) is 5.07. The van der Waals surface area contributed by atoms with Crippen LogP contribution in [-0.4, -0.2) is 26.2 Å². The summed E-state index contributed by atoms with van der Waals surface area (Å²) in [5, 5.41) is 9.69. The average Bonchev–Trinajstić information content (AvgIpc) is 2.37. The molecule has 1 saturated carbocycles. The van der Waals surface area contributed by atoms with Crippen LogP contribution in [0.2, 0.25) is 5.02 Å². The summed E-state index contributed by atoms with van der Waals surface area (Å²) in [7, 11) is -3.57. The number of benzene rings is 1. The van der Waals surface area contributed by atoms with Crippen LogP contribution in [0.3, 0.4) is 0 Å². The van der Waals surface area contributed by atoms with E-state index in [4.69, 9.17) is 11.6 Å². The Balaban J connectivity index is 2.00. The van der Waals surface area contributed by atoms with Gasteiger partial charge < -0.3 is 5.11 Å². The summed E-state index contributed by atoms with van der Waals surface area (Å²) in [4.78, 5) is 0.126. The molecule has 1 aromatic carbocycles. The highest BCUT2D eigenvalue weighted by molar-refractivity contribution is 7.89. The van der Waals surface area contributed by atoms with Crippen molar-refractivity contribution in [2.24, 2.45) is 5.92 Å². The zero-order chi connectivity index (χ0) is 14.8. The van der Waals surface area contributed by atoms with Gasteiger partial charge in [0.1, 0.15) is 4.90 Å². The molecule has 4 nitrogen and oxygen atoms in total. The fraction of sp³-hybridized carbons (Fsp3) is 0.571. The summed E-state index contributed by atoms with van der Waals surface area (Å²) in [6, 6.07) is 4.91. The highest BCUT2D eigenvalue weighted by atomic mass is 35.5. The van der Waals surface area contributed by atoms with E-state index in [0.29, 0.717) is 6.54 Å². The van der Waals surface area contributed by atoms with E-state index in [1.807, 2.05) is 6.92 Å². The van der Waals surface area contributed by atoms with Crippen LogP contribution in [0.5, 0.6) is 0 Å². The molecule has 2 rings (SSSR count). The normalized spacial score (nSPS) is 23.8. The minimum atomic E-state index is -3.57. The van der Waals surface area contributed by atoms with Crippen molar-refractivity contribution < 1.29 is 13.5 Å². The van der Waals surface area contributed by atoms with Gasteiger partial charge in [-0.25, -0.2) is 13.1 Å². The molecule has 0 aromatic heterocycles. The Morgan fingerprint density at radius 3 is 2.55 bits per heavy atom. The van der Waals surface area contributed by atoms with Crippen LogP contribution in [0, 0.1) is 12.8 Å². The maximum absolute atomic E-state index is 12.2. The molecule has 0 unspecified atom stereocenters. The number of halogens is 1. The molecule has 0 atom stereocenters. The molecule has 2 N–H and O–H groups in total. The fourth-order valence-electron chi connectivity index (χ4n) is 2.48. The molecule has 0 amide bonds. The molecule has 0 aliphatic heterocycles. The summed E-state index contributed by atoms with van der Waals surface area (Å²) in [5.41, 5.74) is 0.926. The van der Waals surface area contributed by atoms with Gasteiger partial charge in [0.2, 0.25) is 10.0 Å². The molecule has 1 aliphatic carbocycles. The Morgan fingerprint density at radius 1 is 1.30 bits per heavy atom. The van der Waals surface area contributed by atoms with Gasteiger partial charge in [0.25, 0.3) is 0 Å². The third kappa shape index (κ3) is 3.95. The lowest BCUT2D eigenvalue weighted by atomic mass is 9.88. The Labute approximate surface area is 125 Å². The Morgan fingerprint density at radius 2 is 1.95 bits per heavy atom. The van der Waals surface area contributed by atoms with E-state index in [1.165, 1.54) is 6.07 Å². The van der Waals surface area contributed by atoms with E-state index < -0.39 is 10.0 Å². The van der Waals surface area contributed by atoms with Crippen LogP contribution < -0.4 is 4.72 Å². The third-order valence-corrected chi connectivity index (χ3v) is 5.66. The van der Waals surface area contributed by atoms with Gasteiger partial charge >= 0.3 is 0 Å². The number of sulfonamides is 1. The predicted molar refractivity (Wildman–Crippen MR) is 79.3 cm³/mol. The number of aliphatic hydroxyl groups is 1. The summed E-state index contributed by atoms with van der Waals surface area (Å²) >= 11 is 6.00. The molecule has 1 aromatic rings. The number of hydrogen-bond acceptors (Lipinski definition) is 3. The molecule has 1 aliphatic rings. The standard InChI is InChI=1S/C14H20ClNO3S/c1-10-2-7-14(13(15)8-10)20(18,19)16-9-11-3-5-12(17)6-4-11/h2,7-8,11-12,16-17H,3-6,9H2,1H3. The molecule has 0 saturated heterocycles. The van der Waals surface area contributed by atoms with Gasteiger partial charge in [0.05, 0.1) is 11.1 Å². The first kappa shape index (κ1) is 15.8. The number of aliphatic hydroxyl groups excluding tert-OH is 1. The molecule has 20 heavy (non-hydrogen) atoms. The maximum atomic E-state index is 12.2. The van der Waals surface area contributed by atoms with Gasteiger partial charge in [-0.2, -0.15) is 0 Å². The van der Waals surface area contributed by atoms with Gasteiger partial charge in [0, 0.05) is 6.54 Å². The van der Waals surface area contributed by atoms with Crippen molar-refractivity contribution in [2.45, 2.75) is 43.6 Å². The van der Waals surface area contributed by atoms with Crippen molar-refractivity contribution in [1.82, 2.24) is 4.72 Å². The van der Waals surface area contributed by atoms with Crippen LogP contribution in [-0.2, 0) is 10.0 Å². The molecule has 0 radical (unpaired) electrons. The van der Waals surface area contributed by atoms with Gasteiger partial charge in [-0.05, 0) is 56.2 Å². The molecule has 1 fully saturated rings. The topological polar surface area (TPSA) is 66.4 Å². The average molecular weight is 318 g/mol. The number of hydrogen-bond donors (Lipinski definition) is 2. The highest BCUT2D eigenvalue weighted by Crippen LogP contribution is 2.25. The van der Waals surface area contributed by atoms with E-state index >= 15 is 0 Å². The Hall–Kier alpha value is -0.620. The second kappa shape index (κ2) is 6.43. The molecular formula is C14H20ClNO3S. The molecule has 6 heteroatoms. The lowest BCUT2D eigenvalue weighted by Gasteiger charge is -2.25.